The molecule has 1 aromatic rings. The predicted molar refractivity (Wildman–Crippen MR) is 59.0 cm³/mol. The maximum atomic E-state index is 5.26. The number of allylic oxidation sites excluding steroid dienone is 1. The van der Waals surface area contributed by atoms with Crippen molar-refractivity contribution >= 4 is 6.08 Å². The lowest BCUT2D eigenvalue weighted by Gasteiger charge is -2.10. The molecule has 0 aromatic heterocycles. The van der Waals surface area contributed by atoms with Crippen LogP contribution in [-0.2, 0) is 0 Å². The normalized spacial score (nSPS) is 10.6. The summed E-state index contributed by atoms with van der Waals surface area (Å²) in [6.45, 7) is 3.97. The summed E-state index contributed by atoms with van der Waals surface area (Å²) in [6.07, 6.45) is 4.01. The first-order chi connectivity index (χ1) is 6.72. The van der Waals surface area contributed by atoms with Crippen molar-refractivity contribution < 1.29 is 9.47 Å². The molecule has 0 atom stereocenters. The number of benzene rings is 1. The van der Waals surface area contributed by atoms with Gasteiger partial charge in [0.15, 0.2) is 0 Å². The minimum Gasteiger partial charge on any atom is -0.496 e. The van der Waals surface area contributed by atoms with Crippen molar-refractivity contribution in [3.8, 4) is 11.5 Å². The van der Waals surface area contributed by atoms with Crippen LogP contribution in [0, 0.1) is 6.92 Å². The van der Waals surface area contributed by atoms with Crippen LogP contribution in [0.3, 0.4) is 0 Å². The first-order valence-electron chi connectivity index (χ1n) is 4.58. The van der Waals surface area contributed by atoms with Gasteiger partial charge in [0.2, 0.25) is 0 Å². The molecule has 1 rings (SSSR count). The Hall–Kier alpha value is -1.44. The Morgan fingerprint density at radius 3 is 1.93 bits per heavy atom. The second-order valence-corrected chi connectivity index (χ2v) is 3.05. The number of methoxy groups -OCH3 is 2. The first-order valence-corrected chi connectivity index (χ1v) is 4.58. The lowest BCUT2D eigenvalue weighted by Crippen LogP contribution is -1.93. The van der Waals surface area contributed by atoms with Crippen LogP contribution in [0.1, 0.15) is 18.1 Å². The van der Waals surface area contributed by atoms with Crippen LogP contribution in [-0.4, -0.2) is 14.2 Å². The van der Waals surface area contributed by atoms with Gasteiger partial charge >= 0.3 is 0 Å². The van der Waals surface area contributed by atoms with Gasteiger partial charge in [-0.25, -0.2) is 0 Å². The van der Waals surface area contributed by atoms with Crippen molar-refractivity contribution in [2.75, 3.05) is 14.2 Å². The number of rotatable bonds is 3. The molecule has 0 unspecified atom stereocenters. The topological polar surface area (TPSA) is 18.5 Å². The molecule has 0 radical (unpaired) electrons. The van der Waals surface area contributed by atoms with E-state index in [0.717, 1.165) is 22.6 Å². The van der Waals surface area contributed by atoms with Gasteiger partial charge < -0.3 is 9.47 Å². The first kappa shape index (κ1) is 10.6. The van der Waals surface area contributed by atoms with E-state index in [1.165, 1.54) is 0 Å². The van der Waals surface area contributed by atoms with E-state index in [0.29, 0.717) is 0 Å². The Morgan fingerprint density at radius 2 is 1.57 bits per heavy atom. The summed E-state index contributed by atoms with van der Waals surface area (Å²) in [4.78, 5) is 0. The van der Waals surface area contributed by atoms with Crippen LogP contribution in [0.2, 0.25) is 0 Å². The fourth-order valence-corrected chi connectivity index (χ4v) is 1.40. The lowest BCUT2D eigenvalue weighted by molar-refractivity contribution is 0.388. The van der Waals surface area contributed by atoms with Gasteiger partial charge in [-0.3, -0.25) is 0 Å². The average Bonchev–Trinajstić information content (AvgIpc) is 2.20. The molecule has 14 heavy (non-hydrogen) atoms. The summed E-state index contributed by atoms with van der Waals surface area (Å²) in [6, 6.07) is 4.00. The van der Waals surface area contributed by atoms with Gasteiger partial charge in [0.1, 0.15) is 11.5 Å². The van der Waals surface area contributed by atoms with Gasteiger partial charge in [-0.2, -0.15) is 0 Å². The third-order valence-electron chi connectivity index (χ3n) is 2.13. The molecule has 0 bridgehead atoms. The number of hydrogen-bond donors (Lipinski definition) is 0. The predicted octanol–water partition coefficient (Wildman–Crippen LogP) is 3.05. The Labute approximate surface area is 85.2 Å². The number of hydrogen-bond acceptors (Lipinski definition) is 2. The molecule has 0 N–H and O–H groups in total. The summed E-state index contributed by atoms with van der Waals surface area (Å²) in [5.41, 5.74) is 2.12. The maximum absolute atomic E-state index is 5.26. The molecular formula is C12H16O2. The van der Waals surface area contributed by atoms with Gasteiger partial charge in [0, 0.05) is 5.56 Å². The second kappa shape index (κ2) is 4.70. The highest BCUT2D eigenvalue weighted by atomic mass is 16.5. The van der Waals surface area contributed by atoms with Gasteiger partial charge in [0.05, 0.1) is 14.2 Å². The van der Waals surface area contributed by atoms with Gasteiger partial charge in [0.25, 0.3) is 0 Å². The highest BCUT2D eigenvalue weighted by Gasteiger charge is 2.06. The molecule has 1 aromatic carbocycles. The van der Waals surface area contributed by atoms with E-state index in [2.05, 4.69) is 0 Å². The van der Waals surface area contributed by atoms with E-state index in [1.807, 2.05) is 38.1 Å². The summed E-state index contributed by atoms with van der Waals surface area (Å²) in [5, 5.41) is 0. The Morgan fingerprint density at radius 1 is 1.07 bits per heavy atom. The zero-order valence-electron chi connectivity index (χ0n) is 9.13. The quantitative estimate of drug-likeness (QED) is 0.732. The smallest absolute Gasteiger partial charge is 0.126 e. The zero-order valence-corrected chi connectivity index (χ0v) is 9.13. The van der Waals surface area contributed by atoms with Crippen LogP contribution in [0.4, 0.5) is 0 Å². The standard InChI is InChI=1S/C12H16O2/c1-5-6-10-7-11(13-3)9(2)12(8-10)14-4/h5-8H,1-4H3. The summed E-state index contributed by atoms with van der Waals surface area (Å²) in [7, 11) is 3.34. The molecule has 0 fully saturated rings. The molecule has 0 spiro atoms. The van der Waals surface area contributed by atoms with Crippen molar-refractivity contribution in [3.63, 3.8) is 0 Å². The molecule has 0 heterocycles. The van der Waals surface area contributed by atoms with Crippen LogP contribution < -0.4 is 9.47 Å². The maximum Gasteiger partial charge on any atom is 0.126 e. The molecule has 0 aliphatic carbocycles. The summed E-state index contributed by atoms with van der Waals surface area (Å²) >= 11 is 0. The van der Waals surface area contributed by atoms with Crippen molar-refractivity contribution in [2.45, 2.75) is 13.8 Å². The van der Waals surface area contributed by atoms with E-state index >= 15 is 0 Å². The number of ether oxygens (including phenoxy) is 2. The summed E-state index contributed by atoms with van der Waals surface area (Å²) in [5.74, 6) is 1.72. The molecule has 0 aliphatic rings. The van der Waals surface area contributed by atoms with Crippen molar-refractivity contribution in [2.24, 2.45) is 0 Å². The Bertz CT molecular complexity index is 315. The molecule has 76 valence electrons. The summed E-state index contributed by atoms with van der Waals surface area (Å²) < 4.78 is 10.5. The third-order valence-corrected chi connectivity index (χ3v) is 2.13. The minimum atomic E-state index is 0.859. The molecular weight excluding hydrogens is 176 g/mol. The van der Waals surface area contributed by atoms with E-state index in [9.17, 15) is 0 Å². The Balaban J connectivity index is 3.24. The van der Waals surface area contributed by atoms with E-state index < -0.39 is 0 Å². The monoisotopic (exact) mass is 192 g/mol. The zero-order chi connectivity index (χ0) is 10.6. The van der Waals surface area contributed by atoms with Crippen molar-refractivity contribution in [1.29, 1.82) is 0 Å². The second-order valence-electron chi connectivity index (χ2n) is 3.05. The van der Waals surface area contributed by atoms with Crippen LogP contribution in [0.25, 0.3) is 6.08 Å². The van der Waals surface area contributed by atoms with Crippen LogP contribution in [0.15, 0.2) is 18.2 Å². The molecule has 0 saturated heterocycles. The lowest BCUT2D eigenvalue weighted by atomic mass is 10.1. The van der Waals surface area contributed by atoms with Crippen LogP contribution in [0.5, 0.6) is 11.5 Å². The largest absolute Gasteiger partial charge is 0.496 e. The van der Waals surface area contributed by atoms with E-state index in [-0.39, 0.29) is 0 Å². The highest BCUT2D eigenvalue weighted by molar-refractivity contribution is 5.58. The minimum absolute atomic E-state index is 0.859. The SMILES string of the molecule is CC=Cc1cc(OC)c(C)c(OC)c1. The van der Waals surface area contributed by atoms with E-state index in [4.69, 9.17) is 9.47 Å². The van der Waals surface area contributed by atoms with Crippen molar-refractivity contribution in [3.05, 3.63) is 29.3 Å². The molecule has 0 aliphatic heterocycles. The fourth-order valence-electron chi connectivity index (χ4n) is 1.40. The molecule has 2 nitrogen and oxygen atoms in total. The molecule has 0 amide bonds. The average molecular weight is 192 g/mol. The van der Waals surface area contributed by atoms with Gasteiger partial charge in [-0.1, -0.05) is 12.2 Å². The van der Waals surface area contributed by atoms with Crippen LogP contribution >= 0.6 is 0 Å². The third kappa shape index (κ3) is 2.08. The van der Waals surface area contributed by atoms with Gasteiger partial charge in [-0.05, 0) is 31.5 Å². The molecule has 2 heteroatoms. The molecule has 0 saturated carbocycles. The fraction of sp³-hybridized carbons (Fsp3) is 0.333. The Kier molecular flexibility index (Phi) is 3.57. The van der Waals surface area contributed by atoms with E-state index in [1.54, 1.807) is 14.2 Å². The highest BCUT2D eigenvalue weighted by Crippen LogP contribution is 2.29. The van der Waals surface area contributed by atoms with Crippen molar-refractivity contribution in [1.82, 2.24) is 0 Å². The van der Waals surface area contributed by atoms with Gasteiger partial charge in [-0.15, -0.1) is 0 Å².